The summed E-state index contributed by atoms with van der Waals surface area (Å²) in [5.74, 6) is -0.321. The first-order valence-electron chi connectivity index (χ1n) is 7.56. The van der Waals surface area contributed by atoms with Crippen LogP contribution in [0.25, 0.3) is 0 Å². The molecule has 1 aliphatic rings. The molecular formula is C17H17ClN2O2S2. The van der Waals surface area contributed by atoms with Crippen LogP contribution >= 0.6 is 35.2 Å². The highest BCUT2D eigenvalue weighted by atomic mass is 35.5. The second kappa shape index (κ2) is 7.09. The largest absolute Gasteiger partial charge is 0.465 e. The van der Waals surface area contributed by atoms with Crippen molar-refractivity contribution in [2.75, 3.05) is 17.7 Å². The zero-order valence-corrected chi connectivity index (χ0v) is 15.8. The van der Waals surface area contributed by atoms with Gasteiger partial charge < -0.3 is 15.4 Å². The van der Waals surface area contributed by atoms with E-state index in [-0.39, 0.29) is 5.97 Å². The molecule has 2 aromatic rings. The van der Waals surface area contributed by atoms with Gasteiger partial charge in [-0.15, -0.1) is 11.3 Å². The summed E-state index contributed by atoms with van der Waals surface area (Å²) in [4.78, 5) is 13.4. The predicted molar refractivity (Wildman–Crippen MR) is 104 cm³/mol. The molecule has 0 atom stereocenters. The lowest BCUT2D eigenvalue weighted by Crippen LogP contribution is -2.20. The molecule has 1 aromatic heterocycles. The van der Waals surface area contributed by atoms with E-state index in [1.54, 1.807) is 11.3 Å². The molecule has 4 nitrogen and oxygen atoms in total. The summed E-state index contributed by atoms with van der Waals surface area (Å²) >= 11 is 13.1. The maximum Gasteiger partial charge on any atom is 0.341 e. The van der Waals surface area contributed by atoms with Crippen LogP contribution in [-0.4, -0.2) is 18.2 Å². The van der Waals surface area contributed by atoms with Gasteiger partial charge in [-0.1, -0.05) is 17.7 Å². The van der Waals surface area contributed by atoms with Crippen LogP contribution in [0.15, 0.2) is 18.2 Å². The highest BCUT2D eigenvalue weighted by Gasteiger charge is 2.27. The van der Waals surface area contributed by atoms with Gasteiger partial charge in [-0.25, -0.2) is 4.79 Å². The number of methoxy groups -OCH3 is 1. The fourth-order valence-electron chi connectivity index (χ4n) is 2.75. The van der Waals surface area contributed by atoms with Gasteiger partial charge in [-0.05, 0) is 61.7 Å². The fourth-order valence-corrected chi connectivity index (χ4v) is 4.49. The molecule has 24 heavy (non-hydrogen) atoms. The van der Waals surface area contributed by atoms with Crippen LogP contribution < -0.4 is 10.6 Å². The van der Waals surface area contributed by atoms with Crippen molar-refractivity contribution < 1.29 is 9.53 Å². The Morgan fingerprint density at radius 1 is 1.33 bits per heavy atom. The lowest BCUT2D eigenvalue weighted by atomic mass is 10.1. The molecule has 0 amide bonds. The second-order valence-electron chi connectivity index (χ2n) is 5.60. The number of carbonyl (C=O) groups excluding carboxylic acids is 1. The Morgan fingerprint density at radius 2 is 2.12 bits per heavy atom. The lowest BCUT2D eigenvalue weighted by Gasteiger charge is -2.12. The van der Waals surface area contributed by atoms with Crippen LogP contribution in [-0.2, 0) is 17.6 Å². The van der Waals surface area contributed by atoms with Gasteiger partial charge >= 0.3 is 5.97 Å². The first-order valence-corrected chi connectivity index (χ1v) is 9.17. The number of esters is 1. The molecule has 0 aliphatic heterocycles. The van der Waals surface area contributed by atoms with Crippen LogP contribution in [0.4, 0.5) is 10.7 Å². The molecule has 0 bridgehead atoms. The second-order valence-corrected chi connectivity index (χ2v) is 7.52. The van der Waals surface area contributed by atoms with E-state index in [2.05, 4.69) is 10.6 Å². The summed E-state index contributed by atoms with van der Waals surface area (Å²) in [6.07, 6.45) is 2.99. The van der Waals surface area contributed by atoms with Gasteiger partial charge in [-0.3, -0.25) is 0 Å². The highest BCUT2D eigenvalue weighted by molar-refractivity contribution is 7.80. The van der Waals surface area contributed by atoms with Gasteiger partial charge in [0.25, 0.3) is 0 Å². The molecule has 1 heterocycles. The molecule has 0 radical (unpaired) electrons. The Labute approximate surface area is 155 Å². The molecule has 1 aliphatic carbocycles. The monoisotopic (exact) mass is 380 g/mol. The van der Waals surface area contributed by atoms with Crippen molar-refractivity contribution in [1.82, 2.24) is 0 Å². The van der Waals surface area contributed by atoms with Gasteiger partial charge in [0.1, 0.15) is 5.00 Å². The number of fused-ring (bicyclic) bond motifs is 1. The normalized spacial score (nSPS) is 12.6. The number of aryl methyl sites for hydroxylation is 2. The van der Waals surface area contributed by atoms with E-state index in [9.17, 15) is 4.79 Å². The number of halogens is 1. The Bertz CT molecular complexity index is 817. The van der Waals surface area contributed by atoms with Gasteiger partial charge in [0.15, 0.2) is 5.11 Å². The van der Waals surface area contributed by atoms with Gasteiger partial charge in [-0.2, -0.15) is 0 Å². The number of thiophene rings is 1. The van der Waals surface area contributed by atoms with Crippen molar-refractivity contribution in [2.45, 2.75) is 26.2 Å². The molecule has 3 rings (SSSR count). The summed E-state index contributed by atoms with van der Waals surface area (Å²) in [5.41, 5.74) is 3.51. The number of hydrogen-bond acceptors (Lipinski definition) is 4. The van der Waals surface area contributed by atoms with E-state index >= 15 is 0 Å². The molecular weight excluding hydrogens is 364 g/mol. The van der Waals surface area contributed by atoms with Gasteiger partial charge in [0, 0.05) is 15.6 Å². The summed E-state index contributed by atoms with van der Waals surface area (Å²) in [6, 6.07) is 5.65. The molecule has 0 fully saturated rings. The number of thiocarbonyl (C=S) groups is 1. The van der Waals surface area contributed by atoms with Gasteiger partial charge in [0.2, 0.25) is 0 Å². The van der Waals surface area contributed by atoms with Crippen LogP contribution in [0.5, 0.6) is 0 Å². The minimum Gasteiger partial charge on any atom is -0.465 e. The molecule has 7 heteroatoms. The maximum atomic E-state index is 12.1. The Hall–Kier alpha value is -1.63. The summed E-state index contributed by atoms with van der Waals surface area (Å²) in [5, 5.41) is 8.06. The minimum atomic E-state index is -0.321. The quantitative estimate of drug-likeness (QED) is 0.592. The van der Waals surface area contributed by atoms with Crippen LogP contribution in [0.3, 0.4) is 0 Å². The number of nitrogens with one attached hydrogen (secondary N) is 2. The molecule has 0 spiro atoms. The SMILES string of the molecule is COC(=O)c1c(NC(=S)Nc2ccc(C)c(Cl)c2)sc2c1CCC2. The number of carbonyl (C=O) groups is 1. The third-order valence-electron chi connectivity index (χ3n) is 3.97. The standard InChI is InChI=1S/C17H17ClN2O2S2/c1-9-6-7-10(8-12(9)18)19-17(23)20-15-14(16(21)22-2)11-4-3-5-13(11)24-15/h6-8H,3-5H2,1-2H3,(H2,19,20,23). The van der Waals surface area contributed by atoms with Crippen molar-refractivity contribution in [3.05, 3.63) is 44.8 Å². The van der Waals surface area contributed by atoms with Crippen LogP contribution in [0.1, 0.15) is 32.8 Å². The molecule has 0 unspecified atom stereocenters. The minimum absolute atomic E-state index is 0.321. The lowest BCUT2D eigenvalue weighted by molar-refractivity contribution is 0.0601. The number of benzene rings is 1. The van der Waals surface area contributed by atoms with Crippen LogP contribution in [0, 0.1) is 6.92 Å². The zero-order chi connectivity index (χ0) is 17.3. The smallest absolute Gasteiger partial charge is 0.341 e. The Morgan fingerprint density at radius 3 is 2.83 bits per heavy atom. The number of anilines is 2. The topological polar surface area (TPSA) is 50.4 Å². The maximum absolute atomic E-state index is 12.1. The summed E-state index contributed by atoms with van der Waals surface area (Å²) < 4.78 is 4.94. The van der Waals surface area contributed by atoms with Crippen molar-refractivity contribution in [3.8, 4) is 0 Å². The zero-order valence-electron chi connectivity index (χ0n) is 13.4. The highest BCUT2D eigenvalue weighted by Crippen LogP contribution is 2.39. The third kappa shape index (κ3) is 3.41. The molecule has 0 saturated heterocycles. The van der Waals surface area contributed by atoms with E-state index < -0.39 is 0 Å². The van der Waals surface area contributed by atoms with Crippen molar-refractivity contribution in [3.63, 3.8) is 0 Å². The Kier molecular flexibility index (Phi) is 5.08. The van der Waals surface area contributed by atoms with E-state index in [1.165, 1.54) is 12.0 Å². The van der Waals surface area contributed by atoms with E-state index in [4.69, 9.17) is 28.6 Å². The summed E-state index contributed by atoms with van der Waals surface area (Å²) in [6.45, 7) is 1.94. The molecule has 2 N–H and O–H groups in total. The van der Waals surface area contributed by atoms with Crippen molar-refractivity contribution in [2.24, 2.45) is 0 Å². The number of ether oxygens (including phenoxy) is 1. The van der Waals surface area contributed by atoms with Gasteiger partial charge in [0.05, 0.1) is 12.7 Å². The third-order valence-corrected chi connectivity index (χ3v) is 5.79. The van der Waals surface area contributed by atoms with E-state index in [0.29, 0.717) is 15.7 Å². The average Bonchev–Trinajstić information content (AvgIpc) is 3.10. The van der Waals surface area contributed by atoms with Crippen LogP contribution in [0.2, 0.25) is 5.02 Å². The average molecular weight is 381 g/mol. The predicted octanol–water partition coefficient (Wildman–Crippen LogP) is 4.79. The van der Waals surface area contributed by atoms with E-state index in [1.807, 2.05) is 25.1 Å². The Balaban J connectivity index is 1.79. The number of rotatable bonds is 3. The molecule has 0 saturated carbocycles. The first kappa shape index (κ1) is 17.2. The molecule has 1 aromatic carbocycles. The van der Waals surface area contributed by atoms with Crippen molar-refractivity contribution >= 4 is 56.9 Å². The van der Waals surface area contributed by atoms with E-state index in [0.717, 1.165) is 41.1 Å². The number of hydrogen-bond donors (Lipinski definition) is 2. The summed E-state index contributed by atoms with van der Waals surface area (Å²) in [7, 11) is 1.40. The molecule has 126 valence electrons. The fraction of sp³-hybridized carbons (Fsp3) is 0.294. The first-order chi connectivity index (χ1) is 11.5. The van der Waals surface area contributed by atoms with Crippen molar-refractivity contribution in [1.29, 1.82) is 0 Å².